The number of carboxylic acid groups (broad SMARTS) is 2. The summed E-state index contributed by atoms with van der Waals surface area (Å²) >= 11 is 0. The van der Waals surface area contributed by atoms with E-state index in [1.807, 2.05) is 0 Å². The van der Waals surface area contributed by atoms with E-state index in [1.165, 1.54) is 109 Å². The molecule has 0 atom stereocenters. The number of carboxylic acids is 2. The van der Waals surface area contributed by atoms with Gasteiger partial charge in [0.25, 0.3) is 32.1 Å². The molecule has 2 aliphatic carbocycles. The number of nitrogens with zero attached hydrogens (tertiary/aromatic N) is 2. The van der Waals surface area contributed by atoms with Gasteiger partial charge >= 0.3 is 11.9 Å². The molecule has 0 spiro atoms. The molecule has 2 amide bonds. The molecule has 0 unspecified atom stereocenters. The first-order valence-electron chi connectivity index (χ1n) is 18.1. The van der Waals surface area contributed by atoms with Crippen molar-refractivity contribution in [3.63, 3.8) is 0 Å². The Kier molecular flexibility index (Phi) is 11.7. The Morgan fingerprint density at radius 3 is 1.08 bits per heavy atom. The third-order valence-corrected chi connectivity index (χ3v) is 11.1. The van der Waals surface area contributed by atoms with Gasteiger partial charge in [-0.05, 0) is 132 Å². The van der Waals surface area contributed by atoms with Crippen molar-refractivity contribution in [3.05, 3.63) is 164 Å². The highest BCUT2D eigenvalue weighted by molar-refractivity contribution is 7.91. The second-order valence-electron chi connectivity index (χ2n) is 13.6. The van der Waals surface area contributed by atoms with E-state index in [2.05, 4.69) is 31.7 Å². The van der Waals surface area contributed by atoms with Gasteiger partial charge in [-0.3, -0.25) is 39.1 Å². The number of ketones is 2. The van der Waals surface area contributed by atoms with Gasteiger partial charge < -0.3 is 20.8 Å². The van der Waals surface area contributed by atoms with E-state index >= 15 is 0 Å². The smallest absolute Gasteiger partial charge is 0.335 e. The normalized spacial score (nSPS) is 14.7. The summed E-state index contributed by atoms with van der Waals surface area (Å²) < 4.78 is 69.1. The molecule has 5 aromatic rings. The Balaban J connectivity index is 1.03. The lowest BCUT2D eigenvalue weighted by Gasteiger charge is -2.17. The quantitative estimate of drug-likeness (QED) is 0.0576. The van der Waals surface area contributed by atoms with Crippen molar-refractivity contribution in [2.75, 3.05) is 21.5 Å². The Hall–Kier alpha value is -8.44. The molecule has 0 radical (unpaired) electrons. The van der Waals surface area contributed by atoms with Gasteiger partial charge in [0.05, 0.1) is 22.5 Å². The zero-order valence-electron chi connectivity index (χ0n) is 32.1. The minimum absolute atomic E-state index is 0.0159. The maximum atomic E-state index is 13.4. The van der Waals surface area contributed by atoms with Crippen LogP contribution in [0.5, 0.6) is 0 Å². The molecule has 0 saturated heterocycles. The molecule has 0 bridgehead atoms. The lowest BCUT2D eigenvalue weighted by Crippen LogP contribution is -2.27. The van der Waals surface area contributed by atoms with Crippen LogP contribution in [0.3, 0.4) is 0 Å². The zero-order chi connectivity index (χ0) is 46.1. The lowest BCUT2D eigenvalue weighted by molar-refractivity contribution is 0.0686. The van der Waals surface area contributed by atoms with Crippen LogP contribution in [0.1, 0.15) is 73.3 Å². The van der Waals surface area contributed by atoms with E-state index in [0.29, 0.717) is 0 Å². The molecule has 0 aromatic heterocycles. The monoisotopic (exact) mass is 904 g/mol. The third kappa shape index (κ3) is 9.39. The van der Waals surface area contributed by atoms with Crippen LogP contribution in [0, 0.1) is 0 Å². The maximum absolute atomic E-state index is 13.4. The van der Waals surface area contributed by atoms with E-state index in [1.54, 1.807) is 0 Å². The van der Waals surface area contributed by atoms with Crippen LogP contribution in [0.2, 0.25) is 0 Å². The number of allylic oxidation sites excluding steroid dienone is 2. The molecule has 8 N–H and O–H groups in total. The predicted octanol–water partition coefficient (Wildman–Crippen LogP) is 5.37. The van der Waals surface area contributed by atoms with Crippen molar-refractivity contribution in [3.8, 4) is 0 Å². The molecule has 64 heavy (non-hydrogen) atoms. The summed E-state index contributed by atoms with van der Waals surface area (Å²) in [6, 6.07) is 23.6. The summed E-state index contributed by atoms with van der Waals surface area (Å²) in [5, 5.41) is 31.1. The van der Waals surface area contributed by atoms with E-state index in [0.717, 1.165) is 12.2 Å². The molecular weight excluding hydrogens is 877 g/mol. The standard InChI is InChI=1S/C42H28N6O14S2/c49-37-31-15-13-29(17-25(31)19-33(63(57,58)59)35(37)47-45-27-9-5-23(6-10-27)41(53)54)43-39(51)21-1-2-22(4-3-21)40(52)44-30-14-16-32-26(18-30)20-34(64(60,61)62)36(38(32)50)48-46-28-11-7-24(8-12-28)42(55)56/h1-20,45-46H,(H,43,51)(H,44,52)(H,53,54)(H,55,56)(H,57,58,59)(H,60,61,62)/b47-35-,48-36-. The van der Waals surface area contributed by atoms with Gasteiger partial charge in [0.15, 0.2) is 11.4 Å². The molecule has 0 heterocycles. The third-order valence-electron chi connectivity index (χ3n) is 9.40. The number of Topliss-reactive ketones (excluding diaryl/α,β-unsaturated/α-hetero) is 2. The number of anilines is 4. The second-order valence-corrected chi connectivity index (χ2v) is 16.4. The van der Waals surface area contributed by atoms with Crippen LogP contribution < -0.4 is 21.5 Å². The summed E-state index contributed by atoms with van der Waals surface area (Å²) in [4.78, 5) is 73.7. The second kappa shape index (κ2) is 17.1. The van der Waals surface area contributed by atoms with Crippen LogP contribution in [0.25, 0.3) is 12.2 Å². The number of nitrogens with one attached hydrogen (secondary N) is 4. The molecule has 22 heteroatoms. The minimum atomic E-state index is -5.01. The largest absolute Gasteiger partial charge is 0.478 e. The first kappa shape index (κ1) is 43.6. The summed E-state index contributed by atoms with van der Waals surface area (Å²) in [6.07, 6.45) is 1.98. The van der Waals surface area contributed by atoms with Crippen molar-refractivity contribution in [2.45, 2.75) is 0 Å². The topological polar surface area (TPSA) is 324 Å². The lowest BCUT2D eigenvalue weighted by atomic mass is 9.94. The number of hydrogen-bond donors (Lipinski definition) is 8. The molecule has 0 fully saturated rings. The summed E-state index contributed by atoms with van der Waals surface area (Å²) in [5.41, 5.74) is 4.44. The van der Waals surface area contributed by atoms with Crippen LogP contribution >= 0.6 is 0 Å². The SMILES string of the molecule is O=C(O)c1ccc(N/N=C2\C(=O)c3ccc(NC(=O)c4ccc(C(=O)Nc5ccc6c(c5)C=C(S(=O)(=O)O)/C(=N/Nc5ccc(C(=O)O)cc5)C6=O)cc4)cc3C=C2S(=O)(=O)O)cc1. The molecule has 7 rings (SSSR count). The molecule has 0 saturated carbocycles. The fourth-order valence-corrected chi connectivity index (χ4v) is 7.55. The number of aromatic carboxylic acids is 2. The van der Waals surface area contributed by atoms with Gasteiger partial charge in [0, 0.05) is 33.6 Å². The molecule has 5 aromatic carbocycles. The van der Waals surface area contributed by atoms with Gasteiger partial charge in [0.2, 0.25) is 11.6 Å². The number of fused-ring (bicyclic) bond motifs is 2. The van der Waals surface area contributed by atoms with Crippen LogP contribution in [-0.4, -0.2) is 82.9 Å². The van der Waals surface area contributed by atoms with Crippen LogP contribution in [-0.2, 0) is 20.2 Å². The average molecular weight is 905 g/mol. The Morgan fingerprint density at radius 2 is 0.766 bits per heavy atom. The van der Waals surface area contributed by atoms with Crippen molar-refractivity contribution in [2.24, 2.45) is 10.2 Å². The zero-order valence-corrected chi connectivity index (χ0v) is 33.8. The van der Waals surface area contributed by atoms with Gasteiger partial charge in [0.1, 0.15) is 9.81 Å². The molecule has 322 valence electrons. The number of benzene rings is 5. The molecular formula is C42H28N6O14S2. The summed E-state index contributed by atoms with van der Waals surface area (Å²) in [7, 11) is -10.0. The molecule has 20 nitrogen and oxygen atoms in total. The van der Waals surface area contributed by atoms with E-state index in [-0.39, 0.29) is 67.3 Å². The minimum Gasteiger partial charge on any atom is -0.478 e. The van der Waals surface area contributed by atoms with Gasteiger partial charge in [-0.1, -0.05) is 0 Å². The number of carbonyl (C=O) groups excluding carboxylic acids is 4. The first-order chi connectivity index (χ1) is 30.3. The number of carbonyl (C=O) groups is 6. The fraction of sp³-hybridized carbons (Fsp3) is 0. The van der Waals surface area contributed by atoms with Crippen LogP contribution in [0.4, 0.5) is 22.7 Å². The van der Waals surface area contributed by atoms with E-state index in [9.17, 15) is 54.7 Å². The number of rotatable bonds is 12. The van der Waals surface area contributed by atoms with Crippen molar-refractivity contribution in [1.29, 1.82) is 0 Å². The highest BCUT2D eigenvalue weighted by Crippen LogP contribution is 2.30. The number of amides is 2. The first-order valence-corrected chi connectivity index (χ1v) is 21.0. The highest BCUT2D eigenvalue weighted by Gasteiger charge is 2.34. The highest BCUT2D eigenvalue weighted by atomic mass is 32.2. The fourth-order valence-electron chi connectivity index (χ4n) is 6.23. The Morgan fingerprint density at radius 1 is 0.453 bits per heavy atom. The molecule has 0 aliphatic heterocycles. The van der Waals surface area contributed by atoms with Gasteiger partial charge in [-0.15, -0.1) is 0 Å². The maximum Gasteiger partial charge on any atom is 0.335 e. The van der Waals surface area contributed by atoms with Crippen LogP contribution in [0.15, 0.2) is 129 Å². The van der Waals surface area contributed by atoms with Crippen molar-refractivity contribution >= 4 is 102 Å². The molecule has 2 aliphatic rings. The van der Waals surface area contributed by atoms with Crippen molar-refractivity contribution in [1.82, 2.24) is 0 Å². The predicted molar refractivity (Wildman–Crippen MR) is 232 cm³/mol. The van der Waals surface area contributed by atoms with E-state index < -0.39 is 76.8 Å². The van der Waals surface area contributed by atoms with Gasteiger partial charge in [-0.25, -0.2) is 9.59 Å². The van der Waals surface area contributed by atoms with E-state index in [4.69, 9.17) is 10.2 Å². The summed E-state index contributed by atoms with van der Waals surface area (Å²) in [5.74, 6) is -5.45. The van der Waals surface area contributed by atoms with Gasteiger partial charge in [-0.2, -0.15) is 27.0 Å². The van der Waals surface area contributed by atoms with Crippen molar-refractivity contribution < 1.29 is 64.9 Å². The number of hydrogen-bond acceptors (Lipinski definition) is 14. The number of hydrazone groups is 2. The summed E-state index contributed by atoms with van der Waals surface area (Å²) in [6.45, 7) is 0. The Bertz CT molecular complexity index is 3000. The average Bonchev–Trinajstić information content (AvgIpc) is 3.25. The Labute approximate surface area is 360 Å².